The minimum absolute atomic E-state index is 0.207. The highest BCUT2D eigenvalue weighted by atomic mass is 32.2. The molecule has 1 saturated heterocycles. The van der Waals surface area contributed by atoms with Crippen molar-refractivity contribution >= 4 is 22.6 Å². The predicted octanol–water partition coefficient (Wildman–Crippen LogP) is 0.623. The van der Waals surface area contributed by atoms with Crippen LogP contribution in [0.15, 0.2) is 0 Å². The first-order chi connectivity index (χ1) is 9.51. The molecule has 122 valence electrons. The smallest absolute Gasteiger partial charge is 0.342 e. The molecule has 0 bridgehead atoms. The molecule has 0 radical (unpaired) electrons. The van der Waals surface area contributed by atoms with Gasteiger partial charge in [0.2, 0.25) is 11.8 Å². The molecule has 1 aliphatic rings. The fraction of sp³-hybridized carbons (Fsp3) is 0.833. The minimum Gasteiger partial charge on any atom is -0.342 e. The van der Waals surface area contributed by atoms with Gasteiger partial charge in [-0.1, -0.05) is 0 Å². The average molecular weight is 328 g/mol. The van der Waals surface area contributed by atoms with Crippen LogP contribution in [-0.4, -0.2) is 70.2 Å². The maximum Gasteiger partial charge on any atom is 0.406 e. The maximum absolute atomic E-state index is 12.3. The van der Waals surface area contributed by atoms with Gasteiger partial charge in [0.25, 0.3) is 0 Å². The minimum atomic E-state index is -4.47. The summed E-state index contributed by atoms with van der Waals surface area (Å²) in [6.07, 6.45) is -3.16. The number of rotatable bonds is 5. The van der Waals surface area contributed by atoms with Crippen LogP contribution < -0.4 is 0 Å². The summed E-state index contributed by atoms with van der Waals surface area (Å²) in [5.74, 6) is -1.52. The molecule has 1 heterocycles. The SMILES string of the molecule is CC(CS(C)=O)N(C)C(=O)C1CC(=O)N(CC(F)(F)F)C1. The fourth-order valence-corrected chi connectivity index (χ4v) is 3.17. The first-order valence-corrected chi connectivity index (χ1v) is 8.15. The third-order valence-electron chi connectivity index (χ3n) is 3.42. The van der Waals surface area contributed by atoms with Crippen LogP contribution in [0.1, 0.15) is 13.3 Å². The van der Waals surface area contributed by atoms with Gasteiger partial charge in [-0.05, 0) is 6.92 Å². The highest BCUT2D eigenvalue weighted by Gasteiger charge is 2.41. The first-order valence-electron chi connectivity index (χ1n) is 6.42. The molecule has 0 saturated carbocycles. The largest absolute Gasteiger partial charge is 0.406 e. The van der Waals surface area contributed by atoms with Crippen molar-refractivity contribution in [1.29, 1.82) is 0 Å². The summed E-state index contributed by atoms with van der Waals surface area (Å²) in [7, 11) is 0.429. The number of hydrogen-bond donors (Lipinski definition) is 0. The van der Waals surface area contributed by atoms with Gasteiger partial charge in [0, 0.05) is 48.9 Å². The van der Waals surface area contributed by atoms with Crippen molar-refractivity contribution in [2.75, 3.05) is 32.1 Å². The summed E-state index contributed by atoms with van der Waals surface area (Å²) in [4.78, 5) is 25.8. The van der Waals surface area contributed by atoms with Gasteiger partial charge in [-0.15, -0.1) is 0 Å². The summed E-state index contributed by atoms with van der Waals surface area (Å²) in [6, 6.07) is -0.296. The molecule has 21 heavy (non-hydrogen) atoms. The van der Waals surface area contributed by atoms with E-state index in [0.717, 1.165) is 0 Å². The summed E-state index contributed by atoms with van der Waals surface area (Å²) < 4.78 is 48.1. The fourth-order valence-electron chi connectivity index (χ4n) is 2.26. The number of carbonyl (C=O) groups excluding carboxylic acids is 2. The Hall–Kier alpha value is -1.12. The molecule has 3 unspecified atom stereocenters. The van der Waals surface area contributed by atoms with Gasteiger partial charge >= 0.3 is 6.18 Å². The lowest BCUT2D eigenvalue weighted by atomic mass is 10.1. The molecular weight excluding hydrogens is 309 g/mol. The lowest BCUT2D eigenvalue weighted by Crippen LogP contribution is -2.43. The Labute approximate surface area is 123 Å². The van der Waals surface area contributed by atoms with E-state index in [0.29, 0.717) is 4.90 Å². The van der Waals surface area contributed by atoms with Gasteiger partial charge in [-0.3, -0.25) is 13.8 Å². The van der Waals surface area contributed by atoms with E-state index < -0.39 is 35.3 Å². The Morgan fingerprint density at radius 3 is 2.57 bits per heavy atom. The van der Waals surface area contributed by atoms with Crippen molar-refractivity contribution < 1.29 is 27.0 Å². The highest BCUT2D eigenvalue weighted by Crippen LogP contribution is 2.25. The van der Waals surface area contributed by atoms with E-state index in [1.807, 2.05) is 0 Å². The summed E-state index contributed by atoms with van der Waals surface area (Å²) in [6.45, 7) is 0.168. The van der Waals surface area contributed by atoms with Gasteiger partial charge in [0.15, 0.2) is 0 Å². The van der Waals surface area contributed by atoms with Crippen LogP contribution in [0.2, 0.25) is 0 Å². The summed E-state index contributed by atoms with van der Waals surface area (Å²) in [5.41, 5.74) is 0. The van der Waals surface area contributed by atoms with Gasteiger partial charge in [-0.2, -0.15) is 13.2 Å². The zero-order valence-electron chi connectivity index (χ0n) is 12.1. The van der Waals surface area contributed by atoms with Crippen molar-refractivity contribution in [2.45, 2.75) is 25.6 Å². The summed E-state index contributed by atoms with van der Waals surface area (Å²) >= 11 is 0. The third kappa shape index (κ3) is 5.29. The van der Waals surface area contributed by atoms with E-state index in [1.165, 1.54) is 18.2 Å². The molecule has 9 heteroatoms. The summed E-state index contributed by atoms with van der Waals surface area (Å²) in [5, 5.41) is 0. The molecule has 3 atom stereocenters. The number of alkyl halides is 3. The molecule has 1 rings (SSSR count). The van der Waals surface area contributed by atoms with Crippen molar-refractivity contribution in [2.24, 2.45) is 5.92 Å². The Bertz CT molecular complexity index is 442. The standard InChI is InChI=1S/C12H19F3N2O3S/c1-8(6-21(3)20)16(2)11(19)9-4-10(18)17(5-9)7-12(13,14)15/h8-9H,4-7H2,1-3H3. The van der Waals surface area contributed by atoms with Gasteiger partial charge in [0.05, 0.1) is 5.92 Å². The van der Waals surface area contributed by atoms with Gasteiger partial charge in [0.1, 0.15) is 6.54 Å². The highest BCUT2D eigenvalue weighted by molar-refractivity contribution is 7.84. The monoisotopic (exact) mass is 328 g/mol. The van der Waals surface area contributed by atoms with Gasteiger partial charge in [-0.25, -0.2) is 0 Å². The molecule has 0 N–H and O–H groups in total. The Kier molecular flexibility index (Phi) is 5.77. The van der Waals surface area contributed by atoms with Crippen LogP contribution in [0.3, 0.4) is 0 Å². The molecule has 0 aromatic rings. The van der Waals surface area contributed by atoms with Crippen molar-refractivity contribution in [1.82, 2.24) is 9.80 Å². The number of nitrogens with zero attached hydrogens (tertiary/aromatic N) is 2. The van der Waals surface area contributed by atoms with E-state index >= 15 is 0 Å². The van der Waals surface area contributed by atoms with E-state index in [-0.39, 0.29) is 30.7 Å². The van der Waals surface area contributed by atoms with Crippen LogP contribution in [0.4, 0.5) is 13.2 Å². The molecule has 5 nitrogen and oxygen atoms in total. The Balaban J connectivity index is 2.64. The Morgan fingerprint density at radius 1 is 1.52 bits per heavy atom. The molecule has 0 aromatic heterocycles. The molecule has 2 amide bonds. The third-order valence-corrected chi connectivity index (χ3v) is 4.37. The van der Waals surface area contributed by atoms with Crippen LogP contribution >= 0.6 is 0 Å². The van der Waals surface area contributed by atoms with Gasteiger partial charge < -0.3 is 9.80 Å². The van der Waals surface area contributed by atoms with E-state index in [4.69, 9.17) is 0 Å². The van der Waals surface area contributed by atoms with Crippen molar-refractivity contribution in [3.05, 3.63) is 0 Å². The second-order valence-corrected chi connectivity index (χ2v) is 6.81. The lowest BCUT2D eigenvalue weighted by molar-refractivity contribution is -0.157. The molecule has 1 aliphatic heterocycles. The second kappa shape index (κ2) is 6.76. The number of likely N-dealkylation sites (tertiary alicyclic amines) is 1. The number of hydrogen-bond acceptors (Lipinski definition) is 3. The quantitative estimate of drug-likeness (QED) is 0.743. The second-order valence-electron chi connectivity index (χ2n) is 5.33. The van der Waals surface area contributed by atoms with E-state index in [1.54, 1.807) is 6.92 Å². The van der Waals surface area contributed by atoms with Crippen LogP contribution in [0.25, 0.3) is 0 Å². The van der Waals surface area contributed by atoms with E-state index in [2.05, 4.69) is 0 Å². The van der Waals surface area contributed by atoms with Crippen LogP contribution in [-0.2, 0) is 20.4 Å². The zero-order valence-corrected chi connectivity index (χ0v) is 13.0. The molecule has 0 aromatic carbocycles. The molecule has 1 fully saturated rings. The normalized spacial score (nSPS) is 22.3. The predicted molar refractivity (Wildman–Crippen MR) is 71.9 cm³/mol. The molecule has 0 aliphatic carbocycles. The molecule has 0 spiro atoms. The average Bonchev–Trinajstić information content (AvgIpc) is 2.65. The number of halogens is 3. The van der Waals surface area contributed by atoms with Crippen LogP contribution in [0, 0.1) is 5.92 Å². The number of carbonyl (C=O) groups is 2. The van der Waals surface area contributed by atoms with Crippen LogP contribution in [0.5, 0.6) is 0 Å². The molecular formula is C12H19F3N2O3S. The van der Waals surface area contributed by atoms with Crippen molar-refractivity contribution in [3.8, 4) is 0 Å². The zero-order chi connectivity index (χ0) is 16.4. The van der Waals surface area contributed by atoms with Crippen molar-refractivity contribution in [3.63, 3.8) is 0 Å². The topological polar surface area (TPSA) is 57.7 Å². The maximum atomic E-state index is 12.3. The Morgan fingerprint density at radius 2 is 2.10 bits per heavy atom. The lowest BCUT2D eigenvalue weighted by Gasteiger charge is -2.27. The van der Waals surface area contributed by atoms with E-state index in [9.17, 15) is 27.0 Å². The first kappa shape index (κ1) is 17.9. The number of amides is 2.